The fourth-order valence-electron chi connectivity index (χ4n) is 1.45. The summed E-state index contributed by atoms with van der Waals surface area (Å²) in [5.74, 6) is 0. The first kappa shape index (κ1) is 14.2. The van der Waals surface area contributed by atoms with Gasteiger partial charge in [-0.15, -0.1) is 0 Å². The number of hydrogen-bond donors (Lipinski definition) is 0. The van der Waals surface area contributed by atoms with Gasteiger partial charge in [-0.25, -0.2) is 0 Å². The molecule has 0 radical (unpaired) electrons. The van der Waals surface area contributed by atoms with E-state index in [9.17, 15) is 0 Å². The lowest BCUT2D eigenvalue weighted by Crippen LogP contribution is -2.36. The van der Waals surface area contributed by atoms with Gasteiger partial charge < -0.3 is 0 Å². The van der Waals surface area contributed by atoms with Crippen LogP contribution in [-0.2, 0) is 0 Å². The third-order valence-electron chi connectivity index (χ3n) is 2.48. The lowest BCUT2D eigenvalue weighted by Gasteiger charge is -2.29. The average molecular weight is 208 g/mol. The third-order valence-corrected chi connectivity index (χ3v) is 2.48. The van der Waals surface area contributed by atoms with E-state index in [0.29, 0.717) is 12.5 Å². The van der Waals surface area contributed by atoms with Crippen LogP contribution in [-0.4, -0.2) is 24.0 Å². The van der Waals surface area contributed by atoms with Crippen molar-refractivity contribution in [2.24, 2.45) is 0 Å². The topological polar surface area (TPSA) is 27.0 Å². The van der Waals surface area contributed by atoms with Crippen LogP contribution in [0.4, 0.5) is 0 Å². The van der Waals surface area contributed by atoms with Crippen LogP contribution in [0.25, 0.3) is 0 Å². The zero-order chi connectivity index (χ0) is 11.7. The molecule has 1 heterocycles. The molecule has 0 spiro atoms. The maximum absolute atomic E-state index is 8.53. The molecular weight excluding hydrogens is 184 g/mol. The summed E-state index contributed by atoms with van der Waals surface area (Å²) in [5.41, 5.74) is 1.48. The van der Waals surface area contributed by atoms with Crippen LogP contribution in [0, 0.1) is 11.3 Å². The highest BCUT2D eigenvalue weighted by atomic mass is 15.1. The molecule has 2 nitrogen and oxygen atoms in total. The largest absolute Gasteiger partial charge is 0.296 e. The normalized spacial score (nSPS) is 18.2. The van der Waals surface area contributed by atoms with Crippen molar-refractivity contribution < 1.29 is 0 Å². The smallest absolute Gasteiger partial charge is 0.0638 e. The van der Waals surface area contributed by atoms with E-state index in [2.05, 4.69) is 44.7 Å². The van der Waals surface area contributed by atoms with E-state index >= 15 is 0 Å². The summed E-state index contributed by atoms with van der Waals surface area (Å²) in [6.45, 7) is 10.7. The number of nitriles is 1. The molecule has 0 aromatic heterocycles. The van der Waals surface area contributed by atoms with Crippen LogP contribution in [0.15, 0.2) is 11.6 Å². The van der Waals surface area contributed by atoms with Gasteiger partial charge in [0.1, 0.15) is 0 Å². The van der Waals surface area contributed by atoms with Gasteiger partial charge in [-0.2, -0.15) is 5.26 Å². The minimum absolute atomic E-state index is 0.416. The molecule has 1 rings (SSSR count). The summed E-state index contributed by atoms with van der Waals surface area (Å²) in [6.07, 6.45) is 5.32. The molecule has 0 fully saturated rings. The SMILES string of the molecule is CC1=CCN(C(C)CC#N)CC1.CCC. The Hall–Kier alpha value is -0.810. The van der Waals surface area contributed by atoms with Gasteiger partial charge in [-0.3, -0.25) is 4.90 Å². The molecule has 1 aliphatic rings. The Balaban J connectivity index is 0.000000583. The van der Waals surface area contributed by atoms with Crippen LogP contribution in [0.5, 0.6) is 0 Å². The maximum atomic E-state index is 8.53. The van der Waals surface area contributed by atoms with Gasteiger partial charge in [0.25, 0.3) is 0 Å². The molecule has 0 bridgehead atoms. The van der Waals surface area contributed by atoms with Crippen molar-refractivity contribution in [1.29, 1.82) is 5.26 Å². The number of nitrogens with zero attached hydrogens (tertiary/aromatic N) is 2. The summed E-state index contributed by atoms with van der Waals surface area (Å²) in [5, 5.41) is 8.53. The Morgan fingerprint density at radius 2 is 2.13 bits per heavy atom. The lowest BCUT2D eigenvalue weighted by molar-refractivity contribution is 0.227. The zero-order valence-corrected chi connectivity index (χ0v) is 10.6. The maximum Gasteiger partial charge on any atom is 0.0638 e. The first-order chi connectivity index (χ1) is 7.15. The summed E-state index contributed by atoms with van der Waals surface area (Å²) < 4.78 is 0. The predicted molar refractivity (Wildman–Crippen MR) is 65.6 cm³/mol. The Bertz CT molecular complexity index is 225. The Kier molecular flexibility index (Phi) is 8.04. The van der Waals surface area contributed by atoms with Crippen molar-refractivity contribution in [3.63, 3.8) is 0 Å². The molecule has 15 heavy (non-hydrogen) atoms. The van der Waals surface area contributed by atoms with E-state index in [4.69, 9.17) is 5.26 Å². The van der Waals surface area contributed by atoms with E-state index in [0.717, 1.165) is 19.5 Å². The molecular formula is C13H24N2. The van der Waals surface area contributed by atoms with Crippen LogP contribution in [0.2, 0.25) is 0 Å². The summed E-state index contributed by atoms with van der Waals surface area (Å²) >= 11 is 0. The molecule has 0 N–H and O–H groups in total. The van der Waals surface area contributed by atoms with E-state index in [-0.39, 0.29) is 0 Å². The predicted octanol–water partition coefficient (Wildman–Crippen LogP) is 3.36. The van der Waals surface area contributed by atoms with Crippen molar-refractivity contribution in [1.82, 2.24) is 4.90 Å². The summed E-state index contributed by atoms with van der Waals surface area (Å²) in [7, 11) is 0. The second-order valence-electron chi connectivity index (χ2n) is 4.21. The third kappa shape index (κ3) is 6.30. The molecule has 0 saturated heterocycles. The quantitative estimate of drug-likeness (QED) is 0.651. The first-order valence-electron chi connectivity index (χ1n) is 5.92. The second kappa shape index (κ2) is 8.49. The monoisotopic (exact) mass is 208 g/mol. The molecule has 0 aromatic carbocycles. The second-order valence-corrected chi connectivity index (χ2v) is 4.21. The Morgan fingerprint density at radius 3 is 2.53 bits per heavy atom. The van der Waals surface area contributed by atoms with Crippen LogP contribution >= 0.6 is 0 Å². The average Bonchev–Trinajstić information content (AvgIpc) is 2.20. The molecule has 0 saturated carbocycles. The molecule has 0 aliphatic carbocycles. The van der Waals surface area contributed by atoms with Gasteiger partial charge in [0.2, 0.25) is 0 Å². The number of rotatable bonds is 2. The van der Waals surface area contributed by atoms with Gasteiger partial charge in [0.05, 0.1) is 12.5 Å². The summed E-state index contributed by atoms with van der Waals surface area (Å²) in [6, 6.07) is 2.63. The molecule has 1 atom stereocenters. The molecule has 1 aliphatic heterocycles. The van der Waals surface area contributed by atoms with Crippen molar-refractivity contribution in [3.05, 3.63) is 11.6 Å². The van der Waals surface area contributed by atoms with Gasteiger partial charge in [-0.05, 0) is 20.3 Å². The van der Waals surface area contributed by atoms with Gasteiger partial charge in [0, 0.05) is 19.1 Å². The lowest BCUT2D eigenvalue weighted by atomic mass is 10.1. The fraction of sp³-hybridized carbons (Fsp3) is 0.769. The van der Waals surface area contributed by atoms with Crippen LogP contribution < -0.4 is 0 Å². The van der Waals surface area contributed by atoms with E-state index in [1.54, 1.807) is 0 Å². The molecule has 2 heteroatoms. The van der Waals surface area contributed by atoms with E-state index in [1.165, 1.54) is 12.0 Å². The zero-order valence-electron chi connectivity index (χ0n) is 10.6. The van der Waals surface area contributed by atoms with Crippen molar-refractivity contribution in [2.75, 3.05) is 13.1 Å². The van der Waals surface area contributed by atoms with Crippen molar-refractivity contribution in [2.45, 2.75) is 53.0 Å². The van der Waals surface area contributed by atoms with Gasteiger partial charge >= 0.3 is 0 Å². The van der Waals surface area contributed by atoms with Gasteiger partial charge in [0.15, 0.2) is 0 Å². The van der Waals surface area contributed by atoms with E-state index in [1.807, 2.05) is 0 Å². The highest BCUT2D eigenvalue weighted by Gasteiger charge is 2.14. The minimum atomic E-state index is 0.416. The molecule has 86 valence electrons. The molecule has 0 aromatic rings. The van der Waals surface area contributed by atoms with Crippen molar-refractivity contribution in [3.8, 4) is 6.07 Å². The van der Waals surface area contributed by atoms with Gasteiger partial charge in [-0.1, -0.05) is 31.9 Å². The van der Waals surface area contributed by atoms with Crippen LogP contribution in [0.3, 0.4) is 0 Å². The highest BCUT2D eigenvalue weighted by Crippen LogP contribution is 2.13. The van der Waals surface area contributed by atoms with Crippen LogP contribution in [0.1, 0.15) is 47.0 Å². The standard InChI is InChI=1S/C10H16N2.C3H8/c1-9-4-7-12(8-5-9)10(2)3-6-11;1-3-2/h4,10H,3,5,7-8H2,1-2H3;3H2,1-2H3. The number of hydrogen-bond acceptors (Lipinski definition) is 2. The Labute approximate surface area is 94.6 Å². The fourth-order valence-corrected chi connectivity index (χ4v) is 1.45. The van der Waals surface area contributed by atoms with Crippen molar-refractivity contribution >= 4 is 0 Å². The molecule has 1 unspecified atom stereocenters. The Morgan fingerprint density at radius 1 is 1.53 bits per heavy atom. The highest BCUT2D eigenvalue weighted by molar-refractivity contribution is 5.04. The first-order valence-corrected chi connectivity index (χ1v) is 5.92. The minimum Gasteiger partial charge on any atom is -0.296 e. The molecule has 0 amide bonds. The van der Waals surface area contributed by atoms with E-state index < -0.39 is 0 Å². The summed E-state index contributed by atoms with van der Waals surface area (Å²) in [4.78, 5) is 2.36.